The number of nitrogens with one attached hydrogen (secondary N) is 3. The molecule has 0 spiro atoms. The number of nitrogens with zero attached hydrogens (tertiary/aromatic N) is 3. The van der Waals surface area contributed by atoms with Crippen LogP contribution in [0.2, 0.25) is 0 Å². The van der Waals surface area contributed by atoms with E-state index < -0.39 is 17.9 Å². The minimum Gasteiger partial charge on any atom is -0.478 e. The van der Waals surface area contributed by atoms with Crippen LogP contribution in [-0.2, 0) is 19.3 Å². The van der Waals surface area contributed by atoms with E-state index >= 15 is 0 Å². The van der Waals surface area contributed by atoms with Gasteiger partial charge in [-0.2, -0.15) is 15.0 Å². The number of carboxylic acid groups (broad SMARTS) is 3. The third-order valence-electron chi connectivity index (χ3n) is 11.6. The van der Waals surface area contributed by atoms with Crippen molar-refractivity contribution in [1.82, 2.24) is 15.0 Å². The fourth-order valence-corrected chi connectivity index (χ4v) is 7.83. The summed E-state index contributed by atoms with van der Waals surface area (Å²) >= 11 is 0. The lowest BCUT2D eigenvalue weighted by atomic mass is 9.80. The highest BCUT2D eigenvalue weighted by molar-refractivity contribution is 5.92. The summed E-state index contributed by atoms with van der Waals surface area (Å²) < 4.78 is 0. The van der Waals surface area contributed by atoms with Crippen LogP contribution in [0.5, 0.6) is 0 Å². The lowest BCUT2D eigenvalue weighted by Gasteiger charge is -2.28. The molecule has 3 atom stereocenters. The molecule has 1 heterocycles. The van der Waals surface area contributed by atoms with Gasteiger partial charge in [0.25, 0.3) is 0 Å². The average Bonchev–Trinajstić information content (AvgIpc) is 3.23. The maximum absolute atomic E-state index is 13.4. The summed E-state index contributed by atoms with van der Waals surface area (Å²) in [5.74, 6) is -1.38. The van der Waals surface area contributed by atoms with Gasteiger partial charge in [-0.05, 0) is 108 Å². The molecule has 324 valence electrons. The van der Waals surface area contributed by atoms with E-state index in [1.807, 2.05) is 6.07 Å². The Labute approximate surface area is 356 Å². The maximum Gasteiger partial charge on any atom is 0.335 e. The topological polar surface area (TPSA) is 187 Å². The van der Waals surface area contributed by atoms with Gasteiger partial charge in [-0.15, -0.1) is 0 Å². The van der Waals surface area contributed by atoms with Crippen molar-refractivity contribution in [2.24, 2.45) is 17.8 Å². The van der Waals surface area contributed by atoms with Gasteiger partial charge in [0, 0.05) is 17.1 Å². The van der Waals surface area contributed by atoms with Crippen LogP contribution in [0, 0.1) is 17.8 Å². The average molecular weight is 823 g/mol. The first-order valence-corrected chi connectivity index (χ1v) is 22.1. The molecule has 1 aromatic heterocycles. The molecular formula is C48H66N6O6. The Kier molecular flexibility index (Phi) is 18.8. The van der Waals surface area contributed by atoms with Crippen LogP contribution in [0.1, 0.15) is 166 Å². The van der Waals surface area contributed by atoms with Crippen LogP contribution in [0.3, 0.4) is 0 Å². The Hall–Kier alpha value is -5.52. The highest BCUT2D eigenvalue weighted by Crippen LogP contribution is 2.38. The van der Waals surface area contributed by atoms with Gasteiger partial charge in [0.05, 0.1) is 16.7 Å². The van der Waals surface area contributed by atoms with Crippen LogP contribution >= 0.6 is 0 Å². The summed E-state index contributed by atoms with van der Waals surface area (Å²) in [4.78, 5) is 50.8. The number of anilines is 6. The summed E-state index contributed by atoms with van der Waals surface area (Å²) in [5.41, 5.74) is 5.46. The first-order valence-electron chi connectivity index (χ1n) is 22.1. The highest BCUT2D eigenvalue weighted by atomic mass is 16.4. The Morgan fingerprint density at radius 2 is 0.900 bits per heavy atom. The lowest BCUT2D eigenvalue weighted by Crippen LogP contribution is -2.19. The third-order valence-corrected chi connectivity index (χ3v) is 11.6. The Morgan fingerprint density at radius 3 is 1.27 bits per heavy atom. The van der Waals surface area contributed by atoms with Crippen LogP contribution in [0.4, 0.5) is 34.9 Å². The molecule has 0 saturated carbocycles. The number of unbranched alkanes of at least 4 members (excludes halogenated alkanes) is 3. The standard InChI is InChI=1S/C48H66N6O6/c1-7-13-16-31(10-4)27-36-30-41(45(59)60)39(28-32(11-5)17-14-8-2)40(29-33(12-6)18-15-9-3)42(36)51-48-53-46(49-37-23-19-34(20-24-37)43(55)56)52-47(54-48)50-38-25-21-35(22-26-38)44(57)58/h19-26,30-33H,7-18,27-29H2,1-6H3,(H,55,56)(H,57,58)(H,59,60)(H3,49,50,51,52,53,54). The van der Waals surface area contributed by atoms with Crippen LogP contribution in [0.15, 0.2) is 54.6 Å². The summed E-state index contributed by atoms with van der Waals surface area (Å²) in [6, 6.07) is 14.4. The van der Waals surface area contributed by atoms with Crippen molar-refractivity contribution in [2.45, 2.75) is 138 Å². The predicted octanol–water partition coefficient (Wildman–Crippen LogP) is 12.5. The Bertz CT molecular complexity index is 1920. The van der Waals surface area contributed by atoms with E-state index in [1.54, 1.807) is 24.3 Å². The second kappa shape index (κ2) is 23.9. The quantitative estimate of drug-likeness (QED) is 0.0335. The largest absolute Gasteiger partial charge is 0.478 e. The van der Waals surface area contributed by atoms with Gasteiger partial charge in [-0.25, -0.2) is 14.4 Å². The third kappa shape index (κ3) is 13.8. The molecule has 3 unspecified atom stereocenters. The first kappa shape index (κ1) is 47.2. The molecular weight excluding hydrogens is 757 g/mol. The molecule has 6 N–H and O–H groups in total. The molecule has 12 heteroatoms. The van der Waals surface area contributed by atoms with E-state index in [9.17, 15) is 29.7 Å². The van der Waals surface area contributed by atoms with Crippen molar-refractivity contribution in [3.63, 3.8) is 0 Å². The second-order valence-electron chi connectivity index (χ2n) is 16.0. The number of carboxylic acids is 3. The molecule has 0 aliphatic heterocycles. The number of carbonyl (C=O) groups is 3. The number of aromatic nitrogens is 3. The molecule has 12 nitrogen and oxygen atoms in total. The van der Waals surface area contributed by atoms with Crippen molar-refractivity contribution < 1.29 is 29.7 Å². The monoisotopic (exact) mass is 823 g/mol. The molecule has 4 aromatic rings. The van der Waals surface area contributed by atoms with E-state index in [0.29, 0.717) is 54.0 Å². The summed E-state index contributed by atoms with van der Waals surface area (Å²) in [6.07, 6.45) is 14.5. The van der Waals surface area contributed by atoms with Gasteiger partial charge < -0.3 is 31.3 Å². The first-order chi connectivity index (χ1) is 28.9. The number of hydrogen-bond donors (Lipinski definition) is 6. The van der Waals surface area contributed by atoms with Crippen LogP contribution < -0.4 is 16.0 Å². The molecule has 0 fully saturated rings. The molecule has 0 bridgehead atoms. The normalized spacial score (nSPS) is 12.7. The lowest BCUT2D eigenvalue weighted by molar-refractivity contribution is 0.0684. The molecule has 60 heavy (non-hydrogen) atoms. The van der Waals surface area contributed by atoms with Gasteiger partial charge in [-0.1, -0.05) is 119 Å². The summed E-state index contributed by atoms with van der Waals surface area (Å²) in [7, 11) is 0. The van der Waals surface area contributed by atoms with E-state index in [4.69, 9.17) is 9.97 Å². The zero-order valence-corrected chi connectivity index (χ0v) is 36.4. The predicted molar refractivity (Wildman–Crippen MR) is 241 cm³/mol. The number of hydrogen-bond acceptors (Lipinski definition) is 9. The van der Waals surface area contributed by atoms with Gasteiger partial charge >= 0.3 is 17.9 Å². The van der Waals surface area contributed by atoms with E-state index in [0.717, 1.165) is 99.4 Å². The zero-order valence-electron chi connectivity index (χ0n) is 36.4. The van der Waals surface area contributed by atoms with E-state index in [-0.39, 0.29) is 29.0 Å². The molecule has 0 aliphatic carbocycles. The molecule has 4 rings (SSSR count). The number of aromatic carboxylic acids is 3. The van der Waals surface area contributed by atoms with Crippen LogP contribution in [-0.4, -0.2) is 48.2 Å². The van der Waals surface area contributed by atoms with Gasteiger partial charge in [-0.3, -0.25) is 0 Å². The minimum atomic E-state index is -1.04. The fourth-order valence-electron chi connectivity index (χ4n) is 7.83. The zero-order chi connectivity index (χ0) is 43.6. The van der Waals surface area contributed by atoms with Crippen molar-refractivity contribution >= 4 is 52.8 Å². The van der Waals surface area contributed by atoms with Gasteiger partial charge in [0.1, 0.15) is 0 Å². The summed E-state index contributed by atoms with van der Waals surface area (Å²) in [5, 5.41) is 39.9. The van der Waals surface area contributed by atoms with Crippen molar-refractivity contribution in [3.05, 3.63) is 88.0 Å². The Balaban J connectivity index is 1.98. The second-order valence-corrected chi connectivity index (χ2v) is 16.0. The van der Waals surface area contributed by atoms with Crippen molar-refractivity contribution in [3.8, 4) is 0 Å². The summed E-state index contributed by atoms with van der Waals surface area (Å²) in [6.45, 7) is 13.2. The maximum atomic E-state index is 13.4. The van der Waals surface area contributed by atoms with E-state index in [1.165, 1.54) is 24.3 Å². The molecule has 0 radical (unpaired) electrons. The van der Waals surface area contributed by atoms with Gasteiger partial charge in [0.2, 0.25) is 17.8 Å². The van der Waals surface area contributed by atoms with Crippen molar-refractivity contribution in [1.29, 1.82) is 0 Å². The molecule has 3 aromatic carbocycles. The number of benzene rings is 3. The van der Waals surface area contributed by atoms with Crippen molar-refractivity contribution in [2.75, 3.05) is 16.0 Å². The van der Waals surface area contributed by atoms with Crippen LogP contribution in [0.25, 0.3) is 0 Å². The highest BCUT2D eigenvalue weighted by Gasteiger charge is 2.27. The minimum absolute atomic E-state index is 0.139. The SMILES string of the molecule is CCCCC(CC)Cc1cc(C(=O)O)c(CC(CC)CCCC)c(CC(CC)CCCC)c1Nc1nc(Nc2ccc(C(=O)O)cc2)nc(Nc2ccc(C(=O)O)cc2)n1. The fraction of sp³-hybridized carbons (Fsp3) is 0.500. The Morgan fingerprint density at radius 1 is 0.517 bits per heavy atom. The van der Waals surface area contributed by atoms with E-state index in [2.05, 4.69) is 62.5 Å². The molecule has 0 saturated heterocycles. The molecule has 0 aliphatic rings. The molecule has 0 amide bonds. The smallest absolute Gasteiger partial charge is 0.335 e. The number of rotatable bonds is 27. The van der Waals surface area contributed by atoms with Gasteiger partial charge in [0.15, 0.2) is 0 Å².